The third kappa shape index (κ3) is 3.73. The van der Waals surface area contributed by atoms with Crippen LogP contribution in [0.15, 0.2) is 54.7 Å². The van der Waals surface area contributed by atoms with E-state index >= 15 is 0 Å². The third-order valence-electron chi connectivity index (χ3n) is 6.00. The maximum Gasteiger partial charge on any atom is 0.257 e. The molecule has 1 aromatic heterocycles. The Kier molecular flexibility index (Phi) is 5.62. The van der Waals surface area contributed by atoms with E-state index in [0.717, 1.165) is 43.0 Å². The van der Waals surface area contributed by atoms with Crippen molar-refractivity contribution in [1.29, 1.82) is 0 Å². The Hall–Kier alpha value is -2.70. The number of amides is 1. The molecule has 2 atom stereocenters. The van der Waals surface area contributed by atoms with Crippen LogP contribution in [0.25, 0.3) is 16.9 Å². The lowest BCUT2D eigenvalue weighted by Crippen LogP contribution is -2.32. The number of aromatic nitrogens is 2. The summed E-state index contributed by atoms with van der Waals surface area (Å²) in [7, 11) is 0. The fourth-order valence-electron chi connectivity index (χ4n) is 4.45. The normalized spacial score (nSPS) is 20.1. The lowest BCUT2D eigenvalue weighted by atomic mass is 10.0. The summed E-state index contributed by atoms with van der Waals surface area (Å²) in [4.78, 5) is 15.4. The standard InChI is InChI=1S/C23H23FN4O.ClH/c1-15-3-2-4-16(9-15)22-21(14-28(26-22)20-7-5-19(24)6-8-20)23(29)27-12-17-10-25-11-18(17)13-27;/h2-9,14,17-18,25H,10-13H2,1H3;1H/t17-,18+;. The Labute approximate surface area is 181 Å². The summed E-state index contributed by atoms with van der Waals surface area (Å²) < 4.78 is 15.0. The SMILES string of the molecule is Cc1cccc(-c2nn(-c3ccc(F)cc3)cc2C(=O)N2C[C@H]3CNC[C@H]3C2)c1.Cl. The summed E-state index contributed by atoms with van der Waals surface area (Å²) in [5.41, 5.74) is 4.00. The number of fused-ring (bicyclic) bond motifs is 1. The summed E-state index contributed by atoms with van der Waals surface area (Å²) in [5, 5.41) is 8.13. The van der Waals surface area contributed by atoms with E-state index in [1.165, 1.54) is 12.1 Å². The van der Waals surface area contributed by atoms with Crippen molar-refractivity contribution in [2.75, 3.05) is 26.2 Å². The first-order valence-electron chi connectivity index (χ1n) is 10.0. The molecule has 5 rings (SSSR count). The summed E-state index contributed by atoms with van der Waals surface area (Å²) >= 11 is 0. The molecule has 2 aliphatic heterocycles. The highest BCUT2D eigenvalue weighted by atomic mass is 35.5. The van der Waals surface area contributed by atoms with Crippen molar-refractivity contribution < 1.29 is 9.18 Å². The van der Waals surface area contributed by atoms with E-state index in [-0.39, 0.29) is 24.1 Å². The number of hydrogen-bond acceptors (Lipinski definition) is 3. The molecular weight excluding hydrogens is 403 g/mol. The fourth-order valence-corrected chi connectivity index (χ4v) is 4.45. The molecule has 156 valence electrons. The van der Waals surface area contributed by atoms with Gasteiger partial charge in [-0.1, -0.05) is 23.8 Å². The Morgan fingerprint density at radius 1 is 1.10 bits per heavy atom. The van der Waals surface area contributed by atoms with Crippen LogP contribution in [0.3, 0.4) is 0 Å². The molecule has 1 N–H and O–H groups in total. The number of rotatable bonds is 3. The van der Waals surface area contributed by atoms with Gasteiger partial charge in [0, 0.05) is 37.9 Å². The van der Waals surface area contributed by atoms with Crippen LogP contribution in [-0.4, -0.2) is 46.8 Å². The van der Waals surface area contributed by atoms with E-state index in [4.69, 9.17) is 5.10 Å². The van der Waals surface area contributed by atoms with Gasteiger partial charge in [-0.15, -0.1) is 12.4 Å². The van der Waals surface area contributed by atoms with E-state index in [2.05, 4.69) is 5.32 Å². The highest BCUT2D eigenvalue weighted by Crippen LogP contribution is 2.31. The Morgan fingerprint density at radius 3 is 2.47 bits per heavy atom. The number of benzene rings is 2. The summed E-state index contributed by atoms with van der Waals surface area (Å²) in [6, 6.07) is 14.2. The topological polar surface area (TPSA) is 50.2 Å². The molecule has 0 aliphatic carbocycles. The molecule has 0 unspecified atom stereocenters. The molecule has 2 fully saturated rings. The quantitative estimate of drug-likeness (QED) is 0.694. The maximum absolute atomic E-state index is 13.4. The van der Waals surface area contributed by atoms with Crippen molar-refractivity contribution in [3.05, 3.63) is 71.7 Å². The van der Waals surface area contributed by atoms with Crippen LogP contribution < -0.4 is 5.32 Å². The molecule has 30 heavy (non-hydrogen) atoms. The van der Waals surface area contributed by atoms with Crippen molar-refractivity contribution in [3.8, 4) is 16.9 Å². The number of nitrogens with zero attached hydrogens (tertiary/aromatic N) is 3. The molecule has 2 aliphatic rings. The summed E-state index contributed by atoms with van der Waals surface area (Å²) in [6.07, 6.45) is 1.78. The van der Waals surface area contributed by atoms with Gasteiger partial charge in [0.15, 0.2) is 0 Å². The van der Waals surface area contributed by atoms with Crippen LogP contribution in [0.1, 0.15) is 15.9 Å². The second-order valence-corrected chi connectivity index (χ2v) is 8.07. The molecule has 2 saturated heterocycles. The number of aryl methyl sites for hydroxylation is 1. The Bertz CT molecular complexity index is 1050. The van der Waals surface area contributed by atoms with E-state index in [1.807, 2.05) is 36.1 Å². The van der Waals surface area contributed by atoms with Gasteiger partial charge in [-0.2, -0.15) is 5.10 Å². The minimum absolute atomic E-state index is 0. The van der Waals surface area contributed by atoms with Crippen LogP contribution in [0.5, 0.6) is 0 Å². The molecule has 0 spiro atoms. The van der Waals surface area contributed by atoms with Gasteiger partial charge in [-0.05, 0) is 49.1 Å². The minimum Gasteiger partial charge on any atom is -0.338 e. The molecule has 1 amide bonds. The zero-order valence-corrected chi connectivity index (χ0v) is 17.5. The van der Waals surface area contributed by atoms with Crippen molar-refractivity contribution in [3.63, 3.8) is 0 Å². The van der Waals surface area contributed by atoms with Crippen LogP contribution in [0.2, 0.25) is 0 Å². The van der Waals surface area contributed by atoms with Gasteiger partial charge in [0.2, 0.25) is 0 Å². The van der Waals surface area contributed by atoms with E-state index < -0.39 is 0 Å². The molecular formula is C23H24ClFN4O. The van der Waals surface area contributed by atoms with Crippen LogP contribution in [-0.2, 0) is 0 Å². The molecule has 2 aromatic carbocycles. The highest BCUT2D eigenvalue weighted by Gasteiger charge is 2.39. The van der Waals surface area contributed by atoms with Crippen molar-refractivity contribution >= 4 is 18.3 Å². The molecule has 5 nitrogen and oxygen atoms in total. The fraction of sp³-hybridized carbons (Fsp3) is 0.304. The first-order valence-corrected chi connectivity index (χ1v) is 10.0. The predicted molar refractivity (Wildman–Crippen MR) is 117 cm³/mol. The van der Waals surface area contributed by atoms with Gasteiger partial charge in [-0.3, -0.25) is 4.79 Å². The number of nitrogens with one attached hydrogen (secondary N) is 1. The third-order valence-corrected chi connectivity index (χ3v) is 6.00. The second-order valence-electron chi connectivity index (χ2n) is 8.07. The van der Waals surface area contributed by atoms with Crippen molar-refractivity contribution in [1.82, 2.24) is 20.0 Å². The number of carbonyl (C=O) groups is 1. The summed E-state index contributed by atoms with van der Waals surface area (Å²) in [6.45, 7) is 5.55. The Morgan fingerprint density at radius 2 is 1.80 bits per heavy atom. The van der Waals surface area contributed by atoms with Gasteiger partial charge in [-0.25, -0.2) is 9.07 Å². The van der Waals surface area contributed by atoms with Crippen molar-refractivity contribution in [2.24, 2.45) is 11.8 Å². The zero-order valence-electron chi connectivity index (χ0n) is 16.7. The maximum atomic E-state index is 13.4. The van der Waals surface area contributed by atoms with Crippen molar-refractivity contribution in [2.45, 2.75) is 6.92 Å². The number of halogens is 2. The number of carbonyl (C=O) groups excluding carboxylic acids is 1. The number of hydrogen-bond donors (Lipinski definition) is 1. The highest BCUT2D eigenvalue weighted by molar-refractivity contribution is 6.00. The van der Waals surface area contributed by atoms with E-state index in [1.54, 1.807) is 23.0 Å². The van der Waals surface area contributed by atoms with Crippen LogP contribution in [0.4, 0.5) is 4.39 Å². The minimum atomic E-state index is -0.298. The second kappa shape index (κ2) is 8.20. The average molecular weight is 427 g/mol. The van der Waals surface area contributed by atoms with Crippen LogP contribution in [0, 0.1) is 24.6 Å². The monoisotopic (exact) mass is 426 g/mol. The van der Waals surface area contributed by atoms with Gasteiger partial charge < -0.3 is 10.2 Å². The Balaban J connectivity index is 0.00000218. The smallest absolute Gasteiger partial charge is 0.257 e. The molecule has 0 saturated carbocycles. The predicted octanol–water partition coefficient (Wildman–Crippen LogP) is 3.70. The lowest BCUT2D eigenvalue weighted by molar-refractivity contribution is 0.0782. The van der Waals surface area contributed by atoms with Gasteiger partial charge in [0.1, 0.15) is 11.5 Å². The number of likely N-dealkylation sites (tertiary alicyclic amines) is 1. The molecule has 3 aromatic rings. The molecule has 7 heteroatoms. The summed E-state index contributed by atoms with van der Waals surface area (Å²) in [5.74, 6) is 0.791. The first-order chi connectivity index (χ1) is 14.1. The molecule has 0 bridgehead atoms. The van der Waals surface area contributed by atoms with Gasteiger partial charge in [0.05, 0.1) is 11.3 Å². The average Bonchev–Trinajstić information content (AvgIpc) is 3.42. The van der Waals surface area contributed by atoms with Gasteiger partial charge >= 0.3 is 0 Å². The zero-order chi connectivity index (χ0) is 20.0. The van der Waals surface area contributed by atoms with Gasteiger partial charge in [0.25, 0.3) is 5.91 Å². The van der Waals surface area contributed by atoms with Crippen LogP contribution >= 0.6 is 12.4 Å². The molecule has 3 heterocycles. The van der Waals surface area contributed by atoms with E-state index in [0.29, 0.717) is 23.1 Å². The molecule has 0 radical (unpaired) electrons. The van der Waals surface area contributed by atoms with E-state index in [9.17, 15) is 9.18 Å². The largest absolute Gasteiger partial charge is 0.338 e. The first kappa shape index (κ1) is 20.6. The lowest BCUT2D eigenvalue weighted by Gasteiger charge is -2.17.